The van der Waals surface area contributed by atoms with Gasteiger partial charge in [0.2, 0.25) is 0 Å². The topological polar surface area (TPSA) is 25.8 Å². The highest BCUT2D eigenvalue weighted by Gasteiger charge is 2.21. The molecular formula is C29H32N2S. The van der Waals surface area contributed by atoms with E-state index in [9.17, 15) is 0 Å². The molecule has 3 heterocycles. The van der Waals surface area contributed by atoms with Crippen molar-refractivity contribution in [2.24, 2.45) is 0 Å². The highest BCUT2D eigenvalue weighted by molar-refractivity contribution is 7.13. The maximum Gasteiger partial charge on any atom is 0.0900 e. The summed E-state index contributed by atoms with van der Waals surface area (Å²) < 4.78 is 0. The Bertz CT molecular complexity index is 1210. The van der Waals surface area contributed by atoms with Crippen LogP contribution in [0, 0.1) is 6.92 Å². The van der Waals surface area contributed by atoms with Crippen molar-refractivity contribution in [1.29, 1.82) is 0 Å². The lowest BCUT2D eigenvalue weighted by atomic mass is 9.79. The largest absolute Gasteiger partial charge is 0.255 e. The van der Waals surface area contributed by atoms with E-state index in [1.54, 1.807) is 11.3 Å². The molecule has 3 aromatic heterocycles. The molecule has 0 aliphatic heterocycles. The average Bonchev–Trinajstić information content (AvgIpc) is 3.18. The minimum Gasteiger partial charge on any atom is -0.255 e. The zero-order valence-electron chi connectivity index (χ0n) is 20.2. The third kappa shape index (κ3) is 4.68. The molecule has 0 spiro atoms. The van der Waals surface area contributed by atoms with Crippen LogP contribution in [0.25, 0.3) is 33.1 Å². The van der Waals surface area contributed by atoms with Crippen LogP contribution in [-0.4, -0.2) is 9.97 Å². The van der Waals surface area contributed by atoms with Gasteiger partial charge in [-0.2, -0.15) is 0 Å². The fraction of sp³-hybridized carbons (Fsp3) is 0.310. The first-order valence-electron chi connectivity index (χ1n) is 11.2. The van der Waals surface area contributed by atoms with Crippen molar-refractivity contribution < 1.29 is 0 Å². The second-order valence-corrected chi connectivity index (χ2v) is 11.5. The smallest absolute Gasteiger partial charge is 0.0900 e. The summed E-state index contributed by atoms with van der Waals surface area (Å²) in [5.74, 6) is 0. The number of thiophene rings is 1. The van der Waals surface area contributed by atoms with E-state index in [-0.39, 0.29) is 10.8 Å². The Morgan fingerprint density at radius 3 is 1.84 bits per heavy atom. The van der Waals surface area contributed by atoms with Crippen LogP contribution in [0.3, 0.4) is 0 Å². The van der Waals surface area contributed by atoms with Gasteiger partial charge in [-0.25, -0.2) is 4.98 Å². The van der Waals surface area contributed by atoms with Crippen LogP contribution < -0.4 is 0 Å². The van der Waals surface area contributed by atoms with Gasteiger partial charge in [0.1, 0.15) is 0 Å². The van der Waals surface area contributed by atoms with E-state index in [1.807, 2.05) is 24.4 Å². The van der Waals surface area contributed by atoms with Gasteiger partial charge in [-0.3, -0.25) is 4.98 Å². The van der Waals surface area contributed by atoms with Crippen molar-refractivity contribution in [3.63, 3.8) is 0 Å². The van der Waals surface area contributed by atoms with Crippen LogP contribution >= 0.6 is 11.3 Å². The molecule has 0 saturated heterocycles. The first-order chi connectivity index (χ1) is 15.0. The molecule has 0 radical (unpaired) electrons. The molecule has 0 amide bonds. The van der Waals surface area contributed by atoms with E-state index in [2.05, 4.69) is 95.2 Å². The van der Waals surface area contributed by atoms with E-state index in [0.29, 0.717) is 0 Å². The molecule has 4 rings (SSSR count). The lowest BCUT2D eigenvalue weighted by Crippen LogP contribution is -2.16. The standard InChI is InChI=1S/C29H32N2S/c1-19-11-13-32-27(19)26-17-21(16-25(31-26)24-10-8-9-12-30-24)20-14-22(28(2,3)4)18-23(15-20)29(5,6)7/h8-18H,1-7H3. The number of aryl methyl sites for hydroxylation is 1. The third-order valence-corrected chi connectivity index (χ3v) is 6.88. The Balaban J connectivity index is 1.98. The normalized spacial score (nSPS) is 12.2. The molecule has 164 valence electrons. The minimum atomic E-state index is 0.0695. The van der Waals surface area contributed by atoms with Crippen molar-refractivity contribution in [2.75, 3.05) is 0 Å². The summed E-state index contributed by atoms with van der Waals surface area (Å²) in [4.78, 5) is 10.8. The van der Waals surface area contributed by atoms with Crippen LogP contribution in [0.2, 0.25) is 0 Å². The van der Waals surface area contributed by atoms with Gasteiger partial charge in [-0.05, 0) is 81.3 Å². The monoisotopic (exact) mass is 440 g/mol. The van der Waals surface area contributed by atoms with Crippen molar-refractivity contribution in [3.8, 4) is 33.1 Å². The number of aromatic nitrogens is 2. The lowest BCUT2D eigenvalue weighted by molar-refractivity contribution is 0.569. The first kappa shape index (κ1) is 22.4. The summed E-state index contributed by atoms with van der Waals surface area (Å²) in [6.45, 7) is 15.8. The zero-order chi connectivity index (χ0) is 23.1. The molecule has 0 saturated carbocycles. The van der Waals surface area contributed by atoms with Gasteiger partial charge in [-0.1, -0.05) is 65.8 Å². The number of nitrogens with zero attached hydrogens (tertiary/aromatic N) is 2. The number of hydrogen-bond acceptors (Lipinski definition) is 3. The van der Waals surface area contributed by atoms with Crippen LogP contribution in [0.15, 0.2) is 66.2 Å². The molecule has 0 unspecified atom stereocenters. The van der Waals surface area contributed by atoms with Crippen LogP contribution in [0.1, 0.15) is 58.2 Å². The van der Waals surface area contributed by atoms with Crippen molar-refractivity contribution in [3.05, 3.63) is 82.9 Å². The van der Waals surface area contributed by atoms with E-state index in [4.69, 9.17) is 4.98 Å². The minimum absolute atomic E-state index is 0.0695. The maximum absolute atomic E-state index is 5.02. The summed E-state index contributed by atoms with van der Waals surface area (Å²) in [5.41, 5.74) is 9.32. The quantitative estimate of drug-likeness (QED) is 0.319. The van der Waals surface area contributed by atoms with Gasteiger partial charge in [0.05, 0.1) is 22.0 Å². The molecule has 0 aliphatic rings. The molecule has 0 bridgehead atoms. The van der Waals surface area contributed by atoms with Crippen molar-refractivity contribution >= 4 is 11.3 Å². The number of hydrogen-bond donors (Lipinski definition) is 0. The summed E-state index contributed by atoms with van der Waals surface area (Å²) in [6, 6.07) is 19.6. The predicted octanol–water partition coefficient (Wildman–Crippen LogP) is 8.44. The van der Waals surface area contributed by atoms with Gasteiger partial charge in [-0.15, -0.1) is 11.3 Å². The molecular weight excluding hydrogens is 408 g/mol. The summed E-state index contributed by atoms with van der Waals surface area (Å²) in [7, 11) is 0. The molecule has 0 atom stereocenters. The van der Waals surface area contributed by atoms with Crippen LogP contribution in [0.4, 0.5) is 0 Å². The second kappa shape index (κ2) is 8.29. The molecule has 2 nitrogen and oxygen atoms in total. The number of benzene rings is 1. The fourth-order valence-corrected chi connectivity index (χ4v) is 4.64. The number of pyridine rings is 2. The lowest BCUT2D eigenvalue weighted by Gasteiger charge is -2.26. The highest BCUT2D eigenvalue weighted by Crippen LogP contribution is 2.37. The van der Waals surface area contributed by atoms with Crippen LogP contribution in [0.5, 0.6) is 0 Å². The van der Waals surface area contributed by atoms with E-state index in [0.717, 1.165) is 17.1 Å². The van der Waals surface area contributed by atoms with Crippen molar-refractivity contribution in [1.82, 2.24) is 9.97 Å². The molecule has 0 aliphatic carbocycles. The van der Waals surface area contributed by atoms with Gasteiger partial charge >= 0.3 is 0 Å². The molecule has 0 N–H and O–H groups in total. The van der Waals surface area contributed by atoms with Crippen molar-refractivity contribution in [2.45, 2.75) is 59.3 Å². The van der Waals surface area contributed by atoms with E-state index < -0.39 is 0 Å². The molecule has 4 aromatic rings. The summed E-state index contributed by atoms with van der Waals surface area (Å²) >= 11 is 1.74. The Hall–Kier alpha value is -2.78. The molecule has 32 heavy (non-hydrogen) atoms. The molecule has 1 aromatic carbocycles. The highest BCUT2D eigenvalue weighted by atomic mass is 32.1. The third-order valence-electron chi connectivity index (χ3n) is 5.85. The number of rotatable bonds is 3. The average molecular weight is 441 g/mol. The van der Waals surface area contributed by atoms with E-state index in [1.165, 1.54) is 32.7 Å². The Morgan fingerprint density at radius 2 is 1.31 bits per heavy atom. The van der Waals surface area contributed by atoms with Gasteiger partial charge in [0, 0.05) is 6.20 Å². The molecule has 3 heteroatoms. The van der Waals surface area contributed by atoms with Gasteiger partial charge in [0.25, 0.3) is 0 Å². The second-order valence-electron chi connectivity index (χ2n) is 10.6. The summed E-state index contributed by atoms with van der Waals surface area (Å²) in [5, 5.41) is 2.14. The summed E-state index contributed by atoms with van der Waals surface area (Å²) in [6.07, 6.45) is 1.83. The van der Waals surface area contributed by atoms with Crippen LogP contribution in [-0.2, 0) is 10.8 Å². The SMILES string of the molecule is Cc1ccsc1-c1cc(-c2cc(C(C)(C)C)cc(C(C)(C)C)c2)cc(-c2ccccn2)n1. The Labute approximate surface area is 196 Å². The Morgan fingerprint density at radius 1 is 0.688 bits per heavy atom. The van der Waals surface area contributed by atoms with Gasteiger partial charge in [0.15, 0.2) is 0 Å². The molecule has 0 fully saturated rings. The first-order valence-corrected chi connectivity index (χ1v) is 12.0. The Kier molecular flexibility index (Phi) is 5.81. The zero-order valence-corrected chi connectivity index (χ0v) is 21.0. The van der Waals surface area contributed by atoms with E-state index >= 15 is 0 Å². The fourth-order valence-electron chi connectivity index (χ4n) is 3.75. The van der Waals surface area contributed by atoms with Gasteiger partial charge < -0.3 is 0 Å². The predicted molar refractivity (Wildman–Crippen MR) is 138 cm³/mol. The maximum atomic E-state index is 5.02.